The largest absolute Gasteiger partial charge is 0.349 e. The van der Waals surface area contributed by atoms with Gasteiger partial charge in [-0.05, 0) is 55.8 Å². The molecule has 2 aliphatic rings. The van der Waals surface area contributed by atoms with E-state index in [-0.39, 0.29) is 24.4 Å². The molecule has 0 spiro atoms. The van der Waals surface area contributed by atoms with Crippen molar-refractivity contribution in [3.63, 3.8) is 0 Å². The summed E-state index contributed by atoms with van der Waals surface area (Å²) in [6, 6.07) is 8.37. The van der Waals surface area contributed by atoms with Crippen LogP contribution >= 0.6 is 24.0 Å². The summed E-state index contributed by atoms with van der Waals surface area (Å²) in [7, 11) is 0. The first-order chi connectivity index (χ1) is 9.72. The molecule has 3 nitrogen and oxygen atoms in total. The zero-order chi connectivity index (χ0) is 13.9. The third-order valence-electron chi connectivity index (χ3n) is 4.23. The minimum atomic E-state index is 0. The van der Waals surface area contributed by atoms with Crippen LogP contribution in [0.4, 0.5) is 0 Å². The summed E-state index contributed by atoms with van der Waals surface area (Å²) in [5.74, 6) is 0.757. The molecule has 1 saturated heterocycles. The van der Waals surface area contributed by atoms with Gasteiger partial charge in [0.05, 0.1) is 6.04 Å². The SMILES string of the molecule is Cl.O=C(CC1CCCN1)NC(c1ccc(Cl)cc1)C1CC1. The fourth-order valence-corrected chi connectivity index (χ4v) is 3.09. The Bertz CT molecular complexity index is 468. The van der Waals surface area contributed by atoms with E-state index in [9.17, 15) is 4.79 Å². The molecule has 0 bridgehead atoms. The van der Waals surface area contributed by atoms with E-state index >= 15 is 0 Å². The van der Waals surface area contributed by atoms with Crippen LogP contribution in [0, 0.1) is 5.92 Å². The molecule has 1 aromatic carbocycles. The molecular formula is C16H22Cl2N2O. The van der Waals surface area contributed by atoms with Crippen molar-refractivity contribution in [3.05, 3.63) is 34.9 Å². The number of hydrogen-bond donors (Lipinski definition) is 2. The van der Waals surface area contributed by atoms with Crippen molar-refractivity contribution < 1.29 is 4.79 Å². The number of carbonyl (C=O) groups is 1. The molecule has 1 aromatic rings. The molecule has 2 unspecified atom stereocenters. The molecule has 2 fully saturated rings. The van der Waals surface area contributed by atoms with Crippen LogP contribution in [0.2, 0.25) is 5.02 Å². The number of halogens is 2. The molecule has 5 heteroatoms. The molecule has 1 aliphatic heterocycles. The molecule has 0 aromatic heterocycles. The van der Waals surface area contributed by atoms with Crippen LogP contribution in [-0.4, -0.2) is 18.5 Å². The van der Waals surface area contributed by atoms with Crippen molar-refractivity contribution in [2.75, 3.05) is 6.54 Å². The number of amides is 1. The number of nitrogens with one attached hydrogen (secondary N) is 2. The quantitative estimate of drug-likeness (QED) is 0.868. The first-order valence-corrected chi connectivity index (χ1v) is 7.88. The van der Waals surface area contributed by atoms with Crippen molar-refractivity contribution in [2.45, 2.75) is 44.2 Å². The lowest BCUT2D eigenvalue weighted by atomic mass is 10.0. The Labute approximate surface area is 137 Å². The molecule has 2 atom stereocenters. The molecule has 1 amide bonds. The molecule has 2 N–H and O–H groups in total. The summed E-state index contributed by atoms with van der Waals surface area (Å²) in [4.78, 5) is 12.2. The van der Waals surface area contributed by atoms with Gasteiger partial charge in [0, 0.05) is 17.5 Å². The Balaban J connectivity index is 0.00000161. The summed E-state index contributed by atoms with van der Waals surface area (Å²) >= 11 is 5.94. The highest BCUT2D eigenvalue weighted by atomic mass is 35.5. The van der Waals surface area contributed by atoms with Gasteiger partial charge in [-0.1, -0.05) is 23.7 Å². The van der Waals surface area contributed by atoms with E-state index in [1.54, 1.807) is 0 Å². The summed E-state index contributed by atoms with van der Waals surface area (Å²) in [5.41, 5.74) is 1.17. The van der Waals surface area contributed by atoms with Crippen LogP contribution < -0.4 is 10.6 Å². The maximum absolute atomic E-state index is 12.2. The van der Waals surface area contributed by atoms with Gasteiger partial charge in [-0.2, -0.15) is 0 Å². The van der Waals surface area contributed by atoms with Crippen LogP contribution in [-0.2, 0) is 4.79 Å². The van der Waals surface area contributed by atoms with Crippen LogP contribution in [0.5, 0.6) is 0 Å². The Morgan fingerprint density at radius 3 is 2.57 bits per heavy atom. The van der Waals surface area contributed by atoms with Crippen molar-refractivity contribution >= 4 is 29.9 Å². The van der Waals surface area contributed by atoms with E-state index < -0.39 is 0 Å². The van der Waals surface area contributed by atoms with Gasteiger partial charge >= 0.3 is 0 Å². The standard InChI is InChI=1S/C16H21ClN2O.ClH/c17-13-7-5-12(6-8-13)16(11-3-4-11)19-15(20)10-14-2-1-9-18-14;/h5-8,11,14,16,18H,1-4,9-10H2,(H,19,20);1H. The molecule has 1 saturated carbocycles. The van der Waals surface area contributed by atoms with Gasteiger partial charge < -0.3 is 10.6 Å². The van der Waals surface area contributed by atoms with E-state index in [0.717, 1.165) is 18.0 Å². The lowest BCUT2D eigenvalue weighted by molar-refractivity contribution is -0.122. The molecule has 3 rings (SSSR count). The first kappa shape index (κ1) is 16.6. The molecular weight excluding hydrogens is 307 g/mol. The van der Waals surface area contributed by atoms with Crippen molar-refractivity contribution in [1.82, 2.24) is 10.6 Å². The van der Waals surface area contributed by atoms with E-state index in [1.807, 2.05) is 24.3 Å². The zero-order valence-corrected chi connectivity index (χ0v) is 13.6. The Kier molecular flexibility index (Phi) is 5.91. The average Bonchev–Trinajstić information content (AvgIpc) is 3.16. The van der Waals surface area contributed by atoms with Crippen molar-refractivity contribution in [2.24, 2.45) is 5.92 Å². The fraction of sp³-hybridized carbons (Fsp3) is 0.562. The molecule has 21 heavy (non-hydrogen) atoms. The highest BCUT2D eigenvalue weighted by molar-refractivity contribution is 6.30. The normalized spacial score (nSPS) is 22.4. The van der Waals surface area contributed by atoms with Crippen LogP contribution in [0.15, 0.2) is 24.3 Å². The smallest absolute Gasteiger partial charge is 0.222 e. The van der Waals surface area contributed by atoms with Gasteiger partial charge in [-0.25, -0.2) is 0 Å². The van der Waals surface area contributed by atoms with Crippen molar-refractivity contribution in [3.8, 4) is 0 Å². The van der Waals surface area contributed by atoms with Crippen molar-refractivity contribution in [1.29, 1.82) is 0 Å². The summed E-state index contributed by atoms with van der Waals surface area (Å²) < 4.78 is 0. The second-order valence-electron chi connectivity index (χ2n) is 5.93. The lowest BCUT2D eigenvalue weighted by Gasteiger charge is -2.20. The first-order valence-electron chi connectivity index (χ1n) is 7.50. The highest BCUT2D eigenvalue weighted by Gasteiger charge is 2.33. The average molecular weight is 329 g/mol. The van der Waals surface area contributed by atoms with Gasteiger partial charge in [-0.15, -0.1) is 12.4 Å². The van der Waals surface area contributed by atoms with Crippen LogP contribution in [0.3, 0.4) is 0 Å². The fourth-order valence-electron chi connectivity index (χ4n) is 2.96. The number of carbonyl (C=O) groups excluding carboxylic acids is 1. The van der Waals surface area contributed by atoms with Gasteiger partial charge in [0.2, 0.25) is 5.91 Å². The molecule has 1 heterocycles. The van der Waals surface area contributed by atoms with Gasteiger partial charge in [0.15, 0.2) is 0 Å². The van der Waals surface area contributed by atoms with Crippen LogP contribution in [0.1, 0.15) is 43.7 Å². The maximum Gasteiger partial charge on any atom is 0.222 e. The summed E-state index contributed by atoms with van der Waals surface area (Å²) in [6.45, 7) is 1.04. The Hall–Kier alpha value is -0.770. The van der Waals surface area contributed by atoms with E-state index in [2.05, 4.69) is 10.6 Å². The summed E-state index contributed by atoms with van der Waals surface area (Å²) in [5, 5.41) is 7.33. The molecule has 0 radical (unpaired) electrons. The minimum Gasteiger partial charge on any atom is -0.349 e. The van der Waals surface area contributed by atoms with E-state index in [1.165, 1.54) is 24.8 Å². The van der Waals surface area contributed by atoms with E-state index in [4.69, 9.17) is 11.6 Å². The Morgan fingerprint density at radius 1 is 1.29 bits per heavy atom. The van der Waals surface area contributed by atoms with Crippen LogP contribution in [0.25, 0.3) is 0 Å². The predicted octanol–water partition coefficient (Wildman–Crippen LogP) is 3.47. The zero-order valence-electron chi connectivity index (χ0n) is 12.0. The molecule has 116 valence electrons. The Morgan fingerprint density at radius 2 is 2.00 bits per heavy atom. The second kappa shape index (κ2) is 7.48. The minimum absolute atomic E-state index is 0. The van der Waals surface area contributed by atoms with Gasteiger partial charge in [-0.3, -0.25) is 4.79 Å². The third-order valence-corrected chi connectivity index (χ3v) is 4.49. The van der Waals surface area contributed by atoms with E-state index in [0.29, 0.717) is 18.4 Å². The molecule has 1 aliphatic carbocycles. The number of rotatable bonds is 5. The lowest BCUT2D eigenvalue weighted by Crippen LogP contribution is -2.35. The number of hydrogen-bond acceptors (Lipinski definition) is 2. The van der Waals surface area contributed by atoms with Gasteiger partial charge in [0.25, 0.3) is 0 Å². The third kappa shape index (κ3) is 4.60. The van der Waals surface area contributed by atoms with Gasteiger partial charge in [0.1, 0.15) is 0 Å². The predicted molar refractivity (Wildman–Crippen MR) is 87.9 cm³/mol. The topological polar surface area (TPSA) is 41.1 Å². The summed E-state index contributed by atoms with van der Waals surface area (Å²) in [6.07, 6.45) is 5.30. The highest BCUT2D eigenvalue weighted by Crippen LogP contribution is 2.41. The number of benzene rings is 1. The second-order valence-corrected chi connectivity index (χ2v) is 6.37. The monoisotopic (exact) mass is 328 g/mol. The maximum atomic E-state index is 12.2.